The normalized spacial score (nSPS) is 12.6. The summed E-state index contributed by atoms with van der Waals surface area (Å²) >= 11 is 7.50. The van der Waals surface area contributed by atoms with Crippen molar-refractivity contribution in [3.8, 4) is 0 Å². The lowest BCUT2D eigenvalue weighted by molar-refractivity contribution is -0.120. The number of primary amides is 1. The number of hydrogen-bond donors (Lipinski definition) is 3. The molecule has 8 nitrogen and oxygen atoms in total. The van der Waals surface area contributed by atoms with E-state index >= 15 is 0 Å². The molecule has 0 saturated carbocycles. The fourth-order valence-electron chi connectivity index (χ4n) is 3.33. The van der Waals surface area contributed by atoms with Gasteiger partial charge >= 0.3 is 0 Å². The molecule has 1 aliphatic carbocycles. The van der Waals surface area contributed by atoms with E-state index in [1.165, 1.54) is 11.3 Å². The number of nitrogens with zero attached hydrogens (tertiary/aromatic N) is 1. The monoisotopic (exact) mass is 448 g/mol. The third kappa shape index (κ3) is 4.98. The first-order chi connectivity index (χ1) is 14.3. The molecule has 2 aromatic rings. The number of nitrogens with two attached hydrogens (primary N) is 1. The first-order valence-corrected chi connectivity index (χ1v) is 10.4. The van der Waals surface area contributed by atoms with Crippen LogP contribution in [0.2, 0.25) is 5.02 Å². The number of halogens is 1. The van der Waals surface area contributed by atoms with Crippen LogP contribution in [0.1, 0.15) is 38.3 Å². The van der Waals surface area contributed by atoms with Crippen LogP contribution in [0.3, 0.4) is 0 Å². The minimum Gasteiger partial charge on any atom is -0.385 e. The maximum atomic E-state index is 12.1. The SMILES string of the molecule is Cc1cc(C)c(NC(=O)C=NOCC(=O)Nc2sc3c(c2C(N)=O)CCC3)c(Cl)c1. The van der Waals surface area contributed by atoms with Gasteiger partial charge in [-0.2, -0.15) is 0 Å². The fourth-order valence-corrected chi connectivity index (χ4v) is 5.01. The molecule has 1 aliphatic rings. The molecular formula is C20H21ClN4O4S. The van der Waals surface area contributed by atoms with E-state index < -0.39 is 24.3 Å². The zero-order valence-corrected chi connectivity index (χ0v) is 18.1. The van der Waals surface area contributed by atoms with Crippen LogP contribution in [0.5, 0.6) is 0 Å². The minimum absolute atomic E-state index is 0.370. The maximum Gasteiger partial charge on any atom is 0.270 e. The van der Waals surface area contributed by atoms with Gasteiger partial charge in [0.25, 0.3) is 17.7 Å². The Kier molecular flexibility index (Phi) is 6.73. The number of carbonyl (C=O) groups is 3. The van der Waals surface area contributed by atoms with Gasteiger partial charge in [-0.05, 0) is 55.9 Å². The first-order valence-electron chi connectivity index (χ1n) is 9.23. The van der Waals surface area contributed by atoms with Crippen LogP contribution < -0.4 is 16.4 Å². The highest BCUT2D eigenvalue weighted by Gasteiger charge is 2.26. The number of thiophene rings is 1. The predicted molar refractivity (Wildman–Crippen MR) is 117 cm³/mol. The van der Waals surface area contributed by atoms with E-state index in [0.29, 0.717) is 21.3 Å². The van der Waals surface area contributed by atoms with E-state index in [9.17, 15) is 14.4 Å². The Hall–Kier alpha value is -2.91. The van der Waals surface area contributed by atoms with Crippen molar-refractivity contribution in [2.45, 2.75) is 33.1 Å². The van der Waals surface area contributed by atoms with Crippen LogP contribution in [-0.4, -0.2) is 30.5 Å². The lowest BCUT2D eigenvalue weighted by Crippen LogP contribution is -2.20. The summed E-state index contributed by atoms with van der Waals surface area (Å²) in [6, 6.07) is 3.63. The van der Waals surface area contributed by atoms with Gasteiger partial charge in [0.05, 0.1) is 16.3 Å². The molecule has 3 amide bonds. The Morgan fingerprint density at radius 3 is 2.73 bits per heavy atom. The lowest BCUT2D eigenvalue weighted by Gasteiger charge is -2.09. The van der Waals surface area contributed by atoms with Crippen LogP contribution in [0.15, 0.2) is 17.3 Å². The van der Waals surface area contributed by atoms with Gasteiger partial charge in [0, 0.05) is 4.88 Å². The van der Waals surface area contributed by atoms with Gasteiger partial charge in [-0.3, -0.25) is 14.4 Å². The highest BCUT2D eigenvalue weighted by molar-refractivity contribution is 7.17. The third-order valence-corrected chi connectivity index (χ3v) is 6.05. The van der Waals surface area contributed by atoms with Crippen molar-refractivity contribution >= 4 is 57.6 Å². The van der Waals surface area contributed by atoms with Gasteiger partial charge in [-0.15, -0.1) is 11.3 Å². The number of anilines is 2. The number of oxime groups is 1. The number of rotatable bonds is 7. The molecule has 10 heteroatoms. The summed E-state index contributed by atoms with van der Waals surface area (Å²) in [7, 11) is 0. The summed E-state index contributed by atoms with van der Waals surface area (Å²) < 4.78 is 0. The molecule has 0 fully saturated rings. The highest BCUT2D eigenvalue weighted by Crippen LogP contribution is 2.38. The Morgan fingerprint density at radius 1 is 1.27 bits per heavy atom. The molecule has 4 N–H and O–H groups in total. The van der Waals surface area contributed by atoms with Gasteiger partial charge in [-0.25, -0.2) is 0 Å². The number of benzene rings is 1. The number of carbonyl (C=O) groups excluding carboxylic acids is 3. The molecule has 1 aromatic heterocycles. The quantitative estimate of drug-likeness (QED) is 0.444. The molecule has 0 aliphatic heterocycles. The topological polar surface area (TPSA) is 123 Å². The maximum absolute atomic E-state index is 12.1. The van der Waals surface area contributed by atoms with Crippen molar-refractivity contribution in [1.29, 1.82) is 0 Å². The Balaban J connectivity index is 1.52. The van der Waals surface area contributed by atoms with Crippen LogP contribution in [0.4, 0.5) is 10.7 Å². The Morgan fingerprint density at radius 2 is 2.03 bits per heavy atom. The second-order valence-corrected chi connectivity index (χ2v) is 8.42. The number of hydrogen-bond acceptors (Lipinski definition) is 6. The van der Waals surface area contributed by atoms with Gasteiger partial charge in [0.1, 0.15) is 11.2 Å². The fraction of sp³-hybridized carbons (Fsp3) is 0.300. The summed E-state index contributed by atoms with van der Waals surface area (Å²) in [6.45, 7) is 3.31. The molecule has 1 heterocycles. The summed E-state index contributed by atoms with van der Waals surface area (Å²) in [6.07, 6.45) is 3.54. The van der Waals surface area contributed by atoms with E-state index in [1.807, 2.05) is 19.9 Å². The summed E-state index contributed by atoms with van der Waals surface area (Å²) in [5.41, 5.74) is 9.04. The molecule has 0 saturated heterocycles. The van der Waals surface area contributed by atoms with Gasteiger partial charge in [0.2, 0.25) is 0 Å². The molecule has 30 heavy (non-hydrogen) atoms. The molecule has 1 aromatic carbocycles. The van der Waals surface area contributed by atoms with Crippen LogP contribution in [0, 0.1) is 13.8 Å². The average Bonchev–Trinajstić information content (AvgIpc) is 3.22. The summed E-state index contributed by atoms with van der Waals surface area (Å²) in [5.74, 6) is -1.62. The summed E-state index contributed by atoms with van der Waals surface area (Å²) in [5, 5.41) is 9.60. The van der Waals surface area contributed by atoms with E-state index in [0.717, 1.165) is 47.0 Å². The first kappa shape index (κ1) is 21.8. The number of nitrogens with one attached hydrogen (secondary N) is 2. The smallest absolute Gasteiger partial charge is 0.270 e. The van der Waals surface area contributed by atoms with E-state index in [4.69, 9.17) is 22.2 Å². The molecular weight excluding hydrogens is 428 g/mol. The standard InChI is InChI=1S/C20H21ClN4O4S/c1-10-6-11(2)18(13(21)7-10)24-15(26)8-23-29-9-16(27)25-20-17(19(22)28)12-4-3-5-14(12)30-20/h6-8H,3-5,9H2,1-2H3,(H2,22,28)(H,24,26)(H,25,27). The molecule has 158 valence electrons. The zero-order valence-electron chi connectivity index (χ0n) is 16.5. The van der Waals surface area contributed by atoms with Gasteiger partial charge < -0.3 is 21.2 Å². The van der Waals surface area contributed by atoms with Crippen molar-refractivity contribution in [2.75, 3.05) is 17.2 Å². The highest BCUT2D eigenvalue weighted by atomic mass is 35.5. The second kappa shape index (κ2) is 9.27. The minimum atomic E-state index is -0.564. The van der Waals surface area contributed by atoms with Crippen molar-refractivity contribution in [1.82, 2.24) is 0 Å². The molecule has 0 radical (unpaired) electrons. The number of aryl methyl sites for hydroxylation is 3. The Labute approximate surface area is 182 Å². The van der Waals surface area contributed by atoms with Gasteiger partial charge in [-0.1, -0.05) is 22.8 Å². The molecule has 0 spiro atoms. The molecule has 0 bridgehead atoms. The van der Waals surface area contributed by atoms with E-state index in [-0.39, 0.29) is 0 Å². The van der Waals surface area contributed by atoms with Crippen molar-refractivity contribution in [3.05, 3.63) is 44.3 Å². The summed E-state index contributed by atoms with van der Waals surface area (Å²) in [4.78, 5) is 41.8. The van der Waals surface area contributed by atoms with E-state index in [1.54, 1.807) is 6.07 Å². The number of amides is 3. The molecule has 3 rings (SSSR count). The third-order valence-electron chi connectivity index (χ3n) is 4.54. The Bertz CT molecular complexity index is 1020. The van der Waals surface area contributed by atoms with Crippen LogP contribution in [-0.2, 0) is 27.3 Å². The molecule has 0 unspecified atom stereocenters. The van der Waals surface area contributed by atoms with Crippen LogP contribution in [0.25, 0.3) is 0 Å². The van der Waals surface area contributed by atoms with Gasteiger partial charge in [0.15, 0.2) is 6.61 Å². The zero-order chi connectivity index (χ0) is 21.8. The molecule has 0 atom stereocenters. The number of fused-ring (bicyclic) bond motifs is 1. The van der Waals surface area contributed by atoms with Crippen molar-refractivity contribution < 1.29 is 19.2 Å². The van der Waals surface area contributed by atoms with Crippen molar-refractivity contribution in [2.24, 2.45) is 10.9 Å². The largest absolute Gasteiger partial charge is 0.385 e. The van der Waals surface area contributed by atoms with Crippen molar-refractivity contribution in [3.63, 3.8) is 0 Å². The van der Waals surface area contributed by atoms with Crippen LogP contribution >= 0.6 is 22.9 Å². The average molecular weight is 449 g/mol. The predicted octanol–water partition coefficient (Wildman–Crippen LogP) is 3.19. The van der Waals surface area contributed by atoms with E-state index in [2.05, 4.69) is 15.8 Å². The second-order valence-electron chi connectivity index (χ2n) is 6.91. The lowest BCUT2D eigenvalue weighted by atomic mass is 10.1.